The standard InChI is InChI=1S/C17H23N5O2/c1-12-13(2)18-11-19-16(12)24-10-14-4-6-22(7-5-14)17(23)15-8-20-21(3)9-15/h8-9,11,14H,4-7,10H2,1-3H3. The van der Waals surface area contributed by atoms with Gasteiger partial charge in [-0.1, -0.05) is 0 Å². The molecule has 3 heterocycles. The Morgan fingerprint density at radius 1 is 1.29 bits per heavy atom. The highest BCUT2D eigenvalue weighted by atomic mass is 16.5. The fourth-order valence-corrected chi connectivity index (χ4v) is 2.88. The maximum atomic E-state index is 12.4. The average Bonchev–Trinajstić information content (AvgIpc) is 3.02. The van der Waals surface area contributed by atoms with Crippen LogP contribution in [-0.2, 0) is 7.05 Å². The van der Waals surface area contributed by atoms with Crippen molar-refractivity contribution in [3.63, 3.8) is 0 Å². The van der Waals surface area contributed by atoms with Gasteiger partial charge < -0.3 is 9.64 Å². The van der Waals surface area contributed by atoms with E-state index < -0.39 is 0 Å². The molecule has 1 aliphatic heterocycles. The highest BCUT2D eigenvalue weighted by molar-refractivity contribution is 5.93. The predicted octanol–water partition coefficient (Wildman–Crippen LogP) is 1.76. The molecule has 0 bridgehead atoms. The van der Waals surface area contributed by atoms with Gasteiger partial charge in [0.1, 0.15) is 6.33 Å². The zero-order chi connectivity index (χ0) is 17.1. The summed E-state index contributed by atoms with van der Waals surface area (Å²) < 4.78 is 7.53. The second-order valence-electron chi connectivity index (χ2n) is 6.34. The van der Waals surface area contributed by atoms with E-state index in [9.17, 15) is 4.79 Å². The minimum absolute atomic E-state index is 0.0599. The van der Waals surface area contributed by atoms with E-state index in [-0.39, 0.29) is 5.91 Å². The van der Waals surface area contributed by atoms with Crippen LogP contribution in [0.3, 0.4) is 0 Å². The molecule has 2 aromatic heterocycles. The van der Waals surface area contributed by atoms with Crippen LogP contribution < -0.4 is 4.74 Å². The number of piperidine rings is 1. The zero-order valence-corrected chi connectivity index (χ0v) is 14.4. The molecular weight excluding hydrogens is 306 g/mol. The third-order valence-electron chi connectivity index (χ3n) is 4.60. The number of amides is 1. The molecule has 3 rings (SSSR count). The van der Waals surface area contributed by atoms with Gasteiger partial charge in [0.15, 0.2) is 0 Å². The van der Waals surface area contributed by atoms with Crippen LogP contribution in [0.15, 0.2) is 18.7 Å². The van der Waals surface area contributed by atoms with Crippen LogP contribution in [0.5, 0.6) is 5.88 Å². The van der Waals surface area contributed by atoms with Gasteiger partial charge in [-0.2, -0.15) is 5.10 Å². The second-order valence-corrected chi connectivity index (χ2v) is 6.34. The minimum atomic E-state index is 0.0599. The van der Waals surface area contributed by atoms with Crippen LogP contribution in [0.4, 0.5) is 0 Å². The lowest BCUT2D eigenvalue weighted by molar-refractivity contribution is 0.0659. The van der Waals surface area contributed by atoms with Crippen molar-refractivity contribution in [2.75, 3.05) is 19.7 Å². The Kier molecular flexibility index (Phi) is 4.78. The first-order chi connectivity index (χ1) is 11.5. The molecule has 0 unspecified atom stereocenters. The van der Waals surface area contributed by atoms with Crippen molar-refractivity contribution in [2.24, 2.45) is 13.0 Å². The molecule has 128 valence electrons. The summed E-state index contributed by atoms with van der Waals surface area (Å²) in [5, 5.41) is 4.06. The van der Waals surface area contributed by atoms with Crippen molar-refractivity contribution in [1.29, 1.82) is 0 Å². The lowest BCUT2D eigenvalue weighted by Crippen LogP contribution is -2.39. The lowest BCUT2D eigenvalue weighted by Gasteiger charge is -2.31. The van der Waals surface area contributed by atoms with Crippen LogP contribution >= 0.6 is 0 Å². The van der Waals surface area contributed by atoms with E-state index in [2.05, 4.69) is 15.1 Å². The molecule has 2 aromatic rings. The van der Waals surface area contributed by atoms with E-state index in [1.165, 1.54) is 6.33 Å². The molecule has 24 heavy (non-hydrogen) atoms. The van der Waals surface area contributed by atoms with Crippen molar-refractivity contribution in [3.05, 3.63) is 35.5 Å². The maximum Gasteiger partial charge on any atom is 0.257 e. The van der Waals surface area contributed by atoms with E-state index >= 15 is 0 Å². The Hall–Kier alpha value is -2.44. The molecule has 0 spiro atoms. The number of aryl methyl sites for hydroxylation is 2. The first kappa shape index (κ1) is 16.4. The third kappa shape index (κ3) is 3.55. The predicted molar refractivity (Wildman–Crippen MR) is 88.8 cm³/mol. The monoisotopic (exact) mass is 329 g/mol. The van der Waals surface area contributed by atoms with E-state index in [0.717, 1.165) is 37.2 Å². The highest BCUT2D eigenvalue weighted by Crippen LogP contribution is 2.22. The van der Waals surface area contributed by atoms with Crippen molar-refractivity contribution in [2.45, 2.75) is 26.7 Å². The molecule has 1 fully saturated rings. The summed E-state index contributed by atoms with van der Waals surface area (Å²) >= 11 is 0. The number of carbonyl (C=O) groups is 1. The Labute approximate surface area is 141 Å². The average molecular weight is 329 g/mol. The Bertz CT molecular complexity index is 720. The fourth-order valence-electron chi connectivity index (χ4n) is 2.88. The van der Waals surface area contributed by atoms with E-state index in [1.807, 2.05) is 25.8 Å². The largest absolute Gasteiger partial charge is 0.477 e. The SMILES string of the molecule is Cc1ncnc(OCC2CCN(C(=O)c3cnn(C)c3)CC2)c1C. The van der Waals surface area contributed by atoms with Crippen LogP contribution in [-0.4, -0.2) is 50.3 Å². The van der Waals surface area contributed by atoms with Gasteiger partial charge in [-0.3, -0.25) is 9.48 Å². The van der Waals surface area contributed by atoms with Gasteiger partial charge in [0, 0.05) is 37.6 Å². The summed E-state index contributed by atoms with van der Waals surface area (Å²) in [5.74, 6) is 1.17. The molecule has 0 saturated carbocycles. The molecule has 0 aromatic carbocycles. The number of hydrogen-bond acceptors (Lipinski definition) is 5. The highest BCUT2D eigenvalue weighted by Gasteiger charge is 2.25. The van der Waals surface area contributed by atoms with Gasteiger partial charge in [-0.15, -0.1) is 0 Å². The first-order valence-electron chi connectivity index (χ1n) is 8.23. The van der Waals surface area contributed by atoms with Crippen LogP contribution in [0.1, 0.15) is 34.5 Å². The number of nitrogens with zero attached hydrogens (tertiary/aromatic N) is 5. The number of aromatic nitrogens is 4. The van der Waals surface area contributed by atoms with Crippen molar-refractivity contribution in [1.82, 2.24) is 24.6 Å². The van der Waals surface area contributed by atoms with Gasteiger partial charge in [0.05, 0.1) is 18.4 Å². The van der Waals surface area contributed by atoms with Crippen molar-refractivity contribution >= 4 is 5.91 Å². The smallest absolute Gasteiger partial charge is 0.257 e. The second kappa shape index (κ2) is 6.98. The molecule has 7 heteroatoms. The third-order valence-corrected chi connectivity index (χ3v) is 4.60. The summed E-state index contributed by atoms with van der Waals surface area (Å²) in [5.41, 5.74) is 2.58. The molecule has 1 amide bonds. The molecule has 0 aliphatic carbocycles. The quantitative estimate of drug-likeness (QED) is 0.854. The van der Waals surface area contributed by atoms with E-state index in [4.69, 9.17) is 4.74 Å². The molecule has 0 N–H and O–H groups in total. The fraction of sp³-hybridized carbons (Fsp3) is 0.529. The molecule has 1 aliphatic rings. The van der Waals surface area contributed by atoms with Gasteiger partial charge in [0.2, 0.25) is 5.88 Å². The number of carbonyl (C=O) groups excluding carboxylic acids is 1. The van der Waals surface area contributed by atoms with Gasteiger partial charge >= 0.3 is 0 Å². The summed E-state index contributed by atoms with van der Waals surface area (Å²) in [7, 11) is 1.82. The van der Waals surface area contributed by atoms with Crippen molar-refractivity contribution in [3.8, 4) is 5.88 Å². The molecule has 0 radical (unpaired) electrons. The maximum absolute atomic E-state index is 12.4. The van der Waals surface area contributed by atoms with Crippen LogP contribution in [0.25, 0.3) is 0 Å². The molecule has 7 nitrogen and oxygen atoms in total. The Morgan fingerprint density at radius 3 is 2.71 bits per heavy atom. The Balaban J connectivity index is 1.50. The van der Waals surface area contributed by atoms with Gasteiger partial charge in [-0.25, -0.2) is 9.97 Å². The normalized spacial score (nSPS) is 15.5. The molecule has 0 atom stereocenters. The van der Waals surface area contributed by atoms with Gasteiger partial charge in [-0.05, 0) is 32.6 Å². The summed E-state index contributed by atoms with van der Waals surface area (Å²) in [6.45, 7) is 6.06. The topological polar surface area (TPSA) is 73.1 Å². The first-order valence-corrected chi connectivity index (χ1v) is 8.23. The summed E-state index contributed by atoms with van der Waals surface area (Å²) in [4.78, 5) is 22.7. The number of likely N-dealkylation sites (tertiary alicyclic amines) is 1. The van der Waals surface area contributed by atoms with Crippen LogP contribution in [0, 0.1) is 19.8 Å². The lowest BCUT2D eigenvalue weighted by atomic mass is 9.97. The van der Waals surface area contributed by atoms with E-state index in [0.29, 0.717) is 24.0 Å². The van der Waals surface area contributed by atoms with Crippen LogP contribution in [0.2, 0.25) is 0 Å². The Morgan fingerprint density at radius 2 is 2.04 bits per heavy atom. The number of hydrogen-bond donors (Lipinski definition) is 0. The summed E-state index contributed by atoms with van der Waals surface area (Å²) in [6, 6.07) is 0. The molecule has 1 saturated heterocycles. The molecular formula is C17H23N5O2. The van der Waals surface area contributed by atoms with Crippen molar-refractivity contribution < 1.29 is 9.53 Å². The number of rotatable bonds is 4. The minimum Gasteiger partial charge on any atom is -0.477 e. The summed E-state index contributed by atoms with van der Waals surface area (Å²) in [6.07, 6.45) is 6.80. The zero-order valence-electron chi connectivity index (χ0n) is 14.4. The number of ether oxygens (including phenoxy) is 1. The van der Waals surface area contributed by atoms with Gasteiger partial charge in [0.25, 0.3) is 5.91 Å². The van der Waals surface area contributed by atoms with E-state index in [1.54, 1.807) is 17.1 Å².